The van der Waals surface area contributed by atoms with Gasteiger partial charge < -0.3 is 9.47 Å². The van der Waals surface area contributed by atoms with Crippen molar-refractivity contribution in [2.75, 3.05) is 33.0 Å². The number of piperazine rings is 1. The predicted molar refractivity (Wildman–Crippen MR) is 107 cm³/mol. The lowest BCUT2D eigenvalue weighted by atomic mass is 10.1. The van der Waals surface area contributed by atoms with E-state index in [-0.39, 0.29) is 19.9 Å². The van der Waals surface area contributed by atoms with Crippen molar-refractivity contribution in [1.29, 1.82) is 0 Å². The first-order valence-electron chi connectivity index (χ1n) is 9.57. The van der Waals surface area contributed by atoms with E-state index in [1.54, 1.807) is 12.1 Å². The molecule has 2 aromatic rings. The van der Waals surface area contributed by atoms with Gasteiger partial charge in [-0.2, -0.15) is 17.5 Å². The number of ether oxygens (including phenoxy) is 2. The zero-order chi connectivity index (χ0) is 22.2. The van der Waals surface area contributed by atoms with Gasteiger partial charge in [-0.05, 0) is 24.3 Å². The molecular weight excluding hydrogens is 457 g/mol. The summed E-state index contributed by atoms with van der Waals surface area (Å²) in [5.41, 5.74) is 0.561. The van der Waals surface area contributed by atoms with E-state index in [1.807, 2.05) is 4.90 Å². The van der Waals surface area contributed by atoms with Gasteiger partial charge in [0.05, 0.1) is 17.1 Å². The molecule has 1 fully saturated rings. The molecule has 168 valence electrons. The lowest BCUT2D eigenvalue weighted by Crippen LogP contribution is -2.48. The van der Waals surface area contributed by atoms with Crippen LogP contribution in [-0.2, 0) is 34.1 Å². The summed E-state index contributed by atoms with van der Waals surface area (Å²) < 4.78 is 77.7. The molecule has 2 aliphatic rings. The van der Waals surface area contributed by atoms with Crippen LogP contribution < -0.4 is 4.74 Å². The van der Waals surface area contributed by atoms with Crippen LogP contribution in [0.1, 0.15) is 16.7 Å². The minimum absolute atomic E-state index is 0.0846. The van der Waals surface area contributed by atoms with Crippen LogP contribution in [0.3, 0.4) is 0 Å². The van der Waals surface area contributed by atoms with E-state index in [0.717, 1.165) is 27.6 Å². The van der Waals surface area contributed by atoms with Crippen molar-refractivity contribution < 1.29 is 31.1 Å². The van der Waals surface area contributed by atoms with Crippen LogP contribution in [-0.4, -0.2) is 50.6 Å². The summed E-state index contributed by atoms with van der Waals surface area (Å²) in [5, 5.41) is 0.549. The average molecular weight is 477 g/mol. The fourth-order valence-electron chi connectivity index (χ4n) is 3.81. The number of fused-ring (bicyclic) bond motifs is 1. The third kappa shape index (κ3) is 4.68. The van der Waals surface area contributed by atoms with E-state index in [0.29, 0.717) is 37.0 Å². The highest BCUT2D eigenvalue weighted by Crippen LogP contribution is 2.36. The van der Waals surface area contributed by atoms with Crippen LogP contribution in [0.5, 0.6) is 5.75 Å². The molecule has 31 heavy (non-hydrogen) atoms. The Labute approximate surface area is 183 Å². The van der Waals surface area contributed by atoms with Gasteiger partial charge >= 0.3 is 6.18 Å². The lowest BCUT2D eigenvalue weighted by molar-refractivity contribution is -0.139. The number of alkyl halides is 3. The van der Waals surface area contributed by atoms with Gasteiger partial charge in [0.25, 0.3) is 0 Å². The predicted octanol–water partition coefficient (Wildman–Crippen LogP) is 3.73. The maximum absolute atomic E-state index is 13.3. The number of rotatable bonds is 4. The van der Waals surface area contributed by atoms with Gasteiger partial charge in [-0.3, -0.25) is 4.90 Å². The summed E-state index contributed by atoms with van der Waals surface area (Å²) in [5.74, 6) is 0.713. The van der Waals surface area contributed by atoms with Crippen molar-refractivity contribution in [2.24, 2.45) is 0 Å². The van der Waals surface area contributed by atoms with Crippen molar-refractivity contribution in [2.45, 2.75) is 24.2 Å². The van der Waals surface area contributed by atoms with Gasteiger partial charge in [-0.1, -0.05) is 23.7 Å². The zero-order valence-corrected chi connectivity index (χ0v) is 17.9. The zero-order valence-electron chi connectivity index (χ0n) is 16.4. The number of hydrogen-bond acceptors (Lipinski definition) is 5. The van der Waals surface area contributed by atoms with Gasteiger partial charge in [-0.15, -0.1) is 0 Å². The first kappa shape index (κ1) is 22.3. The second kappa shape index (κ2) is 8.59. The Hall–Kier alpha value is -1.85. The van der Waals surface area contributed by atoms with Crippen molar-refractivity contribution in [3.8, 4) is 5.75 Å². The highest BCUT2D eigenvalue weighted by Gasteiger charge is 2.39. The smallest absolute Gasteiger partial charge is 0.417 e. The molecule has 2 aliphatic heterocycles. The molecule has 0 atom stereocenters. The van der Waals surface area contributed by atoms with E-state index in [1.165, 1.54) is 12.1 Å². The van der Waals surface area contributed by atoms with Crippen LogP contribution in [0.4, 0.5) is 13.2 Å². The fraction of sp³-hybridized carbons (Fsp3) is 0.400. The topological polar surface area (TPSA) is 59.1 Å². The molecular formula is C20H20ClF3N2O4S. The third-order valence-electron chi connectivity index (χ3n) is 5.29. The molecule has 0 unspecified atom stereocenters. The molecule has 0 saturated carbocycles. The molecule has 1 saturated heterocycles. The molecule has 0 aliphatic carbocycles. The van der Waals surface area contributed by atoms with Gasteiger partial charge in [0.15, 0.2) is 6.79 Å². The molecule has 2 heterocycles. The number of hydrogen-bond donors (Lipinski definition) is 0. The maximum Gasteiger partial charge on any atom is 0.417 e. The Balaban J connectivity index is 1.48. The molecule has 4 rings (SSSR count). The largest absolute Gasteiger partial charge is 0.467 e. The van der Waals surface area contributed by atoms with E-state index >= 15 is 0 Å². The average Bonchev–Trinajstić information content (AvgIpc) is 2.73. The Kier molecular flexibility index (Phi) is 6.19. The molecule has 0 N–H and O–H groups in total. The second-order valence-electron chi connectivity index (χ2n) is 7.34. The quantitative estimate of drug-likeness (QED) is 0.673. The van der Waals surface area contributed by atoms with Crippen molar-refractivity contribution in [3.05, 3.63) is 58.1 Å². The molecule has 6 nitrogen and oxygen atoms in total. The van der Waals surface area contributed by atoms with Crippen LogP contribution >= 0.6 is 11.6 Å². The van der Waals surface area contributed by atoms with Crippen molar-refractivity contribution in [3.63, 3.8) is 0 Å². The van der Waals surface area contributed by atoms with E-state index < -0.39 is 26.7 Å². The van der Waals surface area contributed by atoms with E-state index in [2.05, 4.69) is 0 Å². The molecule has 2 aromatic carbocycles. The van der Waals surface area contributed by atoms with Gasteiger partial charge in [0.2, 0.25) is 10.0 Å². The summed E-state index contributed by atoms with van der Waals surface area (Å²) in [7, 11) is -4.27. The van der Waals surface area contributed by atoms with Crippen LogP contribution in [0.25, 0.3) is 0 Å². The maximum atomic E-state index is 13.3. The van der Waals surface area contributed by atoms with E-state index in [4.69, 9.17) is 21.1 Å². The summed E-state index contributed by atoms with van der Waals surface area (Å²) in [6.07, 6.45) is -4.75. The number of benzene rings is 2. The Morgan fingerprint density at radius 1 is 1.06 bits per heavy atom. The third-order valence-corrected chi connectivity index (χ3v) is 7.46. The molecule has 0 aromatic heterocycles. The Morgan fingerprint density at radius 3 is 2.48 bits per heavy atom. The number of halogens is 4. The molecule has 0 spiro atoms. The number of nitrogens with zero attached hydrogens (tertiary/aromatic N) is 2. The highest BCUT2D eigenvalue weighted by atomic mass is 35.5. The van der Waals surface area contributed by atoms with Gasteiger partial charge in [0, 0.05) is 48.9 Å². The van der Waals surface area contributed by atoms with Crippen LogP contribution in [0.15, 0.2) is 41.3 Å². The lowest BCUT2D eigenvalue weighted by Gasteiger charge is -2.35. The monoisotopic (exact) mass is 476 g/mol. The summed E-state index contributed by atoms with van der Waals surface area (Å²) in [4.78, 5) is 1.31. The van der Waals surface area contributed by atoms with Crippen LogP contribution in [0, 0.1) is 0 Å². The summed E-state index contributed by atoms with van der Waals surface area (Å²) in [6, 6.07) is 7.84. The number of sulfonamides is 1. The SMILES string of the molecule is O=S(=O)(c1ccccc1C(F)(F)F)N1CCN(Cc2cc(Cl)cc3c2OCOC3)CC1. The minimum atomic E-state index is -4.75. The normalized spacial score (nSPS) is 18.5. The molecule has 11 heteroatoms. The second-order valence-corrected chi connectivity index (χ2v) is 9.68. The van der Waals surface area contributed by atoms with Crippen LogP contribution in [0.2, 0.25) is 5.02 Å². The fourth-order valence-corrected chi connectivity index (χ4v) is 5.71. The molecule has 0 amide bonds. The summed E-state index contributed by atoms with van der Waals surface area (Å²) in [6.45, 7) is 1.93. The van der Waals surface area contributed by atoms with Gasteiger partial charge in [0.1, 0.15) is 5.75 Å². The standard InChI is InChI=1S/C20H20ClF3N2O4S/c21-16-9-14(19-15(10-16)12-29-13-30-19)11-25-5-7-26(8-6-25)31(27,28)18-4-2-1-3-17(18)20(22,23)24/h1-4,9-10H,5-8,11-13H2. The Bertz CT molecular complexity index is 1070. The highest BCUT2D eigenvalue weighted by molar-refractivity contribution is 7.89. The molecule has 0 radical (unpaired) electrons. The summed E-state index contributed by atoms with van der Waals surface area (Å²) >= 11 is 6.19. The minimum Gasteiger partial charge on any atom is -0.467 e. The first-order valence-corrected chi connectivity index (χ1v) is 11.4. The van der Waals surface area contributed by atoms with Gasteiger partial charge in [-0.25, -0.2) is 8.42 Å². The van der Waals surface area contributed by atoms with Crippen molar-refractivity contribution >= 4 is 21.6 Å². The van der Waals surface area contributed by atoms with E-state index in [9.17, 15) is 21.6 Å². The first-order chi connectivity index (χ1) is 14.7. The Morgan fingerprint density at radius 2 is 1.77 bits per heavy atom. The van der Waals surface area contributed by atoms with Crippen molar-refractivity contribution in [1.82, 2.24) is 9.21 Å². The molecule has 0 bridgehead atoms.